The summed E-state index contributed by atoms with van der Waals surface area (Å²) in [6.45, 7) is 4.53. The van der Waals surface area contributed by atoms with E-state index in [-0.39, 0.29) is 0 Å². The summed E-state index contributed by atoms with van der Waals surface area (Å²) in [6, 6.07) is 5.83. The van der Waals surface area contributed by atoms with Gasteiger partial charge in [-0.3, -0.25) is 0 Å². The van der Waals surface area contributed by atoms with Crippen LogP contribution >= 0.6 is 0 Å². The number of rotatable bonds is 4. The van der Waals surface area contributed by atoms with E-state index in [1.807, 2.05) is 25.1 Å². The molecule has 0 bridgehead atoms. The van der Waals surface area contributed by atoms with Gasteiger partial charge in [0.25, 0.3) is 0 Å². The van der Waals surface area contributed by atoms with Gasteiger partial charge in [-0.2, -0.15) is 4.98 Å². The van der Waals surface area contributed by atoms with Crippen LogP contribution in [-0.4, -0.2) is 16.7 Å². The van der Waals surface area contributed by atoms with Crippen molar-refractivity contribution in [2.24, 2.45) is 0 Å². The van der Waals surface area contributed by atoms with E-state index < -0.39 is 0 Å². The summed E-state index contributed by atoms with van der Waals surface area (Å²) in [7, 11) is 0. The lowest BCUT2D eigenvalue weighted by atomic mass is 10.1. The van der Waals surface area contributed by atoms with Crippen LogP contribution in [0.4, 0.5) is 11.4 Å². The van der Waals surface area contributed by atoms with Crippen molar-refractivity contribution in [2.45, 2.75) is 20.3 Å². The van der Waals surface area contributed by atoms with Gasteiger partial charge < -0.3 is 15.6 Å². The highest BCUT2D eigenvalue weighted by Gasteiger charge is 2.03. The second-order valence-electron chi connectivity index (χ2n) is 3.93. The molecule has 0 aliphatic heterocycles. The van der Waals surface area contributed by atoms with E-state index in [0.717, 1.165) is 35.7 Å². The number of benzene rings is 1. The molecule has 1 heterocycles. The molecule has 0 aliphatic rings. The van der Waals surface area contributed by atoms with E-state index in [0.29, 0.717) is 5.89 Å². The number of hydrogen-bond acceptors (Lipinski definition) is 5. The Morgan fingerprint density at radius 1 is 1.35 bits per heavy atom. The minimum atomic E-state index is 0.597. The molecule has 2 aromatic rings. The summed E-state index contributed by atoms with van der Waals surface area (Å²) >= 11 is 0. The predicted octanol–water partition coefficient (Wildman–Crippen LogP) is 1.92. The average Bonchev–Trinajstić information content (AvgIpc) is 2.70. The quantitative estimate of drug-likeness (QED) is 0.787. The summed E-state index contributed by atoms with van der Waals surface area (Å²) in [6.07, 6.45) is 0.728. The fourth-order valence-electron chi connectivity index (χ4n) is 1.60. The Hall–Kier alpha value is -2.04. The molecular weight excluding hydrogens is 216 g/mol. The van der Waals surface area contributed by atoms with E-state index in [1.165, 1.54) is 0 Å². The first kappa shape index (κ1) is 11.4. The molecular formula is C12H16N4O. The zero-order valence-corrected chi connectivity index (χ0v) is 10.0. The fourth-order valence-corrected chi connectivity index (χ4v) is 1.60. The fraction of sp³-hybridized carbons (Fsp3) is 0.333. The molecule has 0 radical (unpaired) electrons. The number of nitrogens with two attached hydrogens (primary N) is 1. The molecule has 3 N–H and O–H groups in total. The zero-order valence-electron chi connectivity index (χ0n) is 10.0. The van der Waals surface area contributed by atoms with Crippen LogP contribution in [-0.2, 0) is 6.42 Å². The van der Waals surface area contributed by atoms with Gasteiger partial charge in [0.05, 0.1) is 0 Å². The van der Waals surface area contributed by atoms with Crippen LogP contribution in [0.1, 0.15) is 17.3 Å². The Kier molecular flexibility index (Phi) is 3.27. The van der Waals surface area contributed by atoms with Crippen LogP contribution in [0.25, 0.3) is 0 Å². The van der Waals surface area contributed by atoms with E-state index in [1.54, 1.807) is 6.92 Å². The van der Waals surface area contributed by atoms with Crippen LogP contribution in [0.15, 0.2) is 22.7 Å². The third kappa shape index (κ3) is 2.75. The first-order valence-electron chi connectivity index (χ1n) is 5.55. The van der Waals surface area contributed by atoms with Gasteiger partial charge in [-0.05, 0) is 24.6 Å². The van der Waals surface area contributed by atoms with Crippen molar-refractivity contribution in [3.63, 3.8) is 0 Å². The zero-order chi connectivity index (χ0) is 12.3. The van der Waals surface area contributed by atoms with Crippen LogP contribution in [0, 0.1) is 13.8 Å². The maximum atomic E-state index is 5.83. The summed E-state index contributed by atoms with van der Waals surface area (Å²) in [5, 5.41) is 7.15. The Labute approximate surface area is 100 Å². The highest BCUT2D eigenvalue weighted by Crippen LogP contribution is 2.20. The van der Waals surface area contributed by atoms with Gasteiger partial charge in [-0.1, -0.05) is 11.2 Å². The molecule has 90 valence electrons. The number of aromatic nitrogens is 2. The topological polar surface area (TPSA) is 77.0 Å². The number of nitrogen functional groups attached to an aromatic ring is 1. The smallest absolute Gasteiger partial charge is 0.223 e. The molecule has 0 saturated carbocycles. The molecule has 0 spiro atoms. The van der Waals surface area contributed by atoms with Gasteiger partial charge in [0.15, 0.2) is 5.82 Å². The number of anilines is 2. The molecule has 2 rings (SSSR count). The standard InChI is InChI=1S/C12H16N4O/c1-8-10(13)4-3-5-11(8)14-7-6-12-15-9(2)17-16-12/h3-5,14H,6-7,13H2,1-2H3. The minimum absolute atomic E-state index is 0.597. The number of nitrogens with zero attached hydrogens (tertiary/aromatic N) is 2. The van der Waals surface area contributed by atoms with Crippen LogP contribution < -0.4 is 11.1 Å². The minimum Gasteiger partial charge on any atom is -0.398 e. The Bertz CT molecular complexity index is 507. The van der Waals surface area contributed by atoms with E-state index in [2.05, 4.69) is 15.5 Å². The van der Waals surface area contributed by atoms with Crippen molar-refractivity contribution in [1.82, 2.24) is 10.1 Å². The molecule has 0 unspecified atom stereocenters. The second-order valence-corrected chi connectivity index (χ2v) is 3.93. The van der Waals surface area contributed by atoms with Crippen LogP contribution in [0.3, 0.4) is 0 Å². The molecule has 0 fully saturated rings. The average molecular weight is 232 g/mol. The normalized spacial score (nSPS) is 10.5. The van der Waals surface area contributed by atoms with Gasteiger partial charge in [0, 0.05) is 31.3 Å². The molecule has 17 heavy (non-hydrogen) atoms. The first-order valence-corrected chi connectivity index (χ1v) is 5.55. The van der Waals surface area contributed by atoms with Gasteiger partial charge in [-0.25, -0.2) is 0 Å². The molecule has 5 heteroatoms. The second kappa shape index (κ2) is 4.86. The first-order chi connectivity index (χ1) is 8.16. The Morgan fingerprint density at radius 2 is 2.18 bits per heavy atom. The van der Waals surface area contributed by atoms with Gasteiger partial charge in [-0.15, -0.1) is 0 Å². The third-order valence-corrected chi connectivity index (χ3v) is 2.61. The van der Waals surface area contributed by atoms with Crippen molar-refractivity contribution in [2.75, 3.05) is 17.6 Å². The lowest BCUT2D eigenvalue weighted by Crippen LogP contribution is -2.07. The summed E-state index contributed by atoms with van der Waals surface area (Å²) in [5.74, 6) is 1.32. The highest BCUT2D eigenvalue weighted by molar-refractivity contribution is 5.62. The number of hydrogen-bond donors (Lipinski definition) is 2. The predicted molar refractivity (Wildman–Crippen MR) is 66.8 cm³/mol. The van der Waals surface area contributed by atoms with Crippen molar-refractivity contribution < 1.29 is 4.52 Å². The van der Waals surface area contributed by atoms with Gasteiger partial charge in [0.2, 0.25) is 5.89 Å². The summed E-state index contributed by atoms with van der Waals surface area (Å²) < 4.78 is 4.90. The lowest BCUT2D eigenvalue weighted by Gasteiger charge is -2.09. The maximum absolute atomic E-state index is 5.83. The maximum Gasteiger partial charge on any atom is 0.223 e. The largest absolute Gasteiger partial charge is 0.398 e. The molecule has 1 aromatic heterocycles. The molecule has 0 atom stereocenters. The molecule has 0 aliphatic carbocycles. The number of nitrogens with one attached hydrogen (secondary N) is 1. The van der Waals surface area contributed by atoms with Gasteiger partial charge in [0.1, 0.15) is 0 Å². The lowest BCUT2D eigenvalue weighted by molar-refractivity contribution is 0.387. The molecule has 5 nitrogen and oxygen atoms in total. The molecule has 1 aromatic carbocycles. The van der Waals surface area contributed by atoms with Gasteiger partial charge >= 0.3 is 0 Å². The monoisotopic (exact) mass is 232 g/mol. The summed E-state index contributed by atoms with van der Waals surface area (Å²) in [4.78, 5) is 4.14. The Morgan fingerprint density at radius 3 is 2.88 bits per heavy atom. The van der Waals surface area contributed by atoms with Crippen molar-refractivity contribution >= 4 is 11.4 Å². The molecule has 0 amide bonds. The van der Waals surface area contributed by atoms with E-state index >= 15 is 0 Å². The van der Waals surface area contributed by atoms with Crippen molar-refractivity contribution in [3.8, 4) is 0 Å². The highest BCUT2D eigenvalue weighted by atomic mass is 16.5. The van der Waals surface area contributed by atoms with E-state index in [4.69, 9.17) is 10.3 Å². The SMILES string of the molecule is Cc1nc(CCNc2cccc(N)c2C)no1. The number of aryl methyl sites for hydroxylation is 1. The van der Waals surface area contributed by atoms with Crippen molar-refractivity contribution in [3.05, 3.63) is 35.5 Å². The third-order valence-electron chi connectivity index (χ3n) is 2.61. The van der Waals surface area contributed by atoms with Crippen molar-refractivity contribution in [1.29, 1.82) is 0 Å². The molecule has 0 saturated heterocycles. The summed E-state index contributed by atoms with van der Waals surface area (Å²) in [5.41, 5.74) is 8.74. The van der Waals surface area contributed by atoms with Crippen LogP contribution in [0.5, 0.6) is 0 Å². The van der Waals surface area contributed by atoms with Crippen LogP contribution in [0.2, 0.25) is 0 Å². The Balaban J connectivity index is 1.92. The van der Waals surface area contributed by atoms with E-state index in [9.17, 15) is 0 Å².